The Hall–Kier alpha value is -3.69. The van der Waals surface area contributed by atoms with E-state index in [1.807, 2.05) is 25.1 Å². The van der Waals surface area contributed by atoms with Crippen molar-refractivity contribution in [2.45, 2.75) is 26.7 Å². The summed E-state index contributed by atoms with van der Waals surface area (Å²) in [5, 5.41) is 5.39. The monoisotopic (exact) mass is 611 g/mol. The molecule has 202 valence electrons. The molecule has 0 unspecified atom stereocenters. The average molecular weight is 613 g/mol. The van der Waals surface area contributed by atoms with Gasteiger partial charge in [0.05, 0.1) is 35.8 Å². The molecule has 8 nitrogen and oxygen atoms in total. The van der Waals surface area contributed by atoms with Crippen LogP contribution in [0.3, 0.4) is 0 Å². The van der Waals surface area contributed by atoms with Crippen LogP contribution in [0.5, 0.6) is 11.5 Å². The van der Waals surface area contributed by atoms with Gasteiger partial charge in [-0.2, -0.15) is 9.78 Å². The molecule has 0 aliphatic heterocycles. The number of para-hydroxylation sites is 1. The second-order valence-corrected chi connectivity index (χ2v) is 10.3. The van der Waals surface area contributed by atoms with Crippen LogP contribution in [0.15, 0.2) is 62.9 Å². The van der Waals surface area contributed by atoms with Crippen molar-refractivity contribution in [1.29, 1.82) is 0 Å². The van der Waals surface area contributed by atoms with Gasteiger partial charge in [-0.3, -0.25) is 4.79 Å². The van der Waals surface area contributed by atoms with Gasteiger partial charge in [-0.15, -0.1) is 0 Å². The van der Waals surface area contributed by atoms with Gasteiger partial charge in [-0.05, 0) is 76.3 Å². The van der Waals surface area contributed by atoms with E-state index in [0.717, 1.165) is 22.4 Å². The molecule has 0 aliphatic rings. The molecule has 0 atom stereocenters. The minimum Gasteiger partial charge on any atom is -0.496 e. The number of methoxy groups -OCH3 is 2. The SMILES string of the molecule is COC(=O)COc1c(Br)cc(Cl)cc1C=Nn1c(-c2cc(C(C)C)c(OC)cc2C)nc2ccccc2c1=O. The van der Waals surface area contributed by atoms with Gasteiger partial charge in [0.2, 0.25) is 0 Å². The van der Waals surface area contributed by atoms with Gasteiger partial charge < -0.3 is 14.2 Å². The highest BCUT2D eigenvalue weighted by molar-refractivity contribution is 9.10. The van der Waals surface area contributed by atoms with Gasteiger partial charge in [0, 0.05) is 16.1 Å². The fraction of sp³-hybridized carbons (Fsp3) is 0.241. The Kier molecular flexibility index (Phi) is 8.72. The normalized spacial score (nSPS) is 11.4. The fourth-order valence-electron chi connectivity index (χ4n) is 4.11. The molecule has 0 bridgehead atoms. The largest absolute Gasteiger partial charge is 0.496 e. The summed E-state index contributed by atoms with van der Waals surface area (Å²) in [6.45, 7) is 5.76. The zero-order valence-electron chi connectivity index (χ0n) is 22.1. The number of aromatic nitrogens is 2. The number of fused-ring (bicyclic) bond motifs is 1. The van der Waals surface area contributed by atoms with Gasteiger partial charge in [0.25, 0.3) is 5.56 Å². The minimum absolute atomic E-state index is 0.168. The van der Waals surface area contributed by atoms with Crippen LogP contribution in [-0.4, -0.2) is 42.7 Å². The van der Waals surface area contributed by atoms with Crippen LogP contribution in [-0.2, 0) is 9.53 Å². The summed E-state index contributed by atoms with van der Waals surface area (Å²) >= 11 is 9.72. The lowest BCUT2D eigenvalue weighted by Gasteiger charge is -2.17. The van der Waals surface area contributed by atoms with Crippen molar-refractivity contribution in [2.75, 3.05) is 20.8 Å². The third-order valence-corrected chi connectivity index (χ3v) is 6.91. The molecule has 0 aliphatic carbocycles. The summed E-state index contributed by atoms with van der Waals surface area (Å²) in [4.78, 5) is 30.3. The summed E-state index contributed by atoms with van der Waals surface area (Å²) in [5.41, 5.74) is 3.25. The number of carbonyl (C=O) groups excluding carboxylic acids is 1. The maximum absolute atomic E-state index is 13.7. The van der Waals surface area contributed by atoms with Crippen molar-refractivity contribution in [3.63, 3.8) is 0 Å². The number of halogens is 2. The number of rotatable bonds is 8. The number of carbonyl (C=O) groups is 1. The van der Waals surface area contributed by atoms with Crippen molar-refractivity contribution in [3.05, 3.63) is 85.1 Å². The van der Waals surface area contributed by atoms with Crippen molar-refractivity contribution in [1.82, 2.24) is 9.66 Å². The third kappa shape index (κ3) is 5.99. The Labute approximate surface area is 239 Å². The first-order valence-electron chi connectivity index (χ1n) is 12.1. The van der Waals surface area contributed by atoms with E-state index < -0.39 is 5.97 Å². The van der Waals surface area contributed by atoms with Crippen LogP contribution < -0.4 is 15.0 Å². The Balaban J connectivity index is 1.95. The van der Waals surface area contributed by atoms with Gasteiger partial charge in [-0.1, -0.05) is 37.6 Å². The Morgan fingerprint density at radius 2 is 1.92 bits per heavy atom. The summed E-state index contributed by atoms with van der Waals surface area (Å²) in [7, 11) is 2.91. The van der Waals surface area contributed by atoms with Crippen molar-refractivity contribution >= 4 is 50.6 Å². The van der Waals surface area contributed by atoms with E-state index in [1.165, 1.54) is 18.0 Å². The smallest absolute Gasteiger partial charge is 0.343 e. The maximum Gasteiger partial charge on any atom is 0.343 e. The fourth-order valence-corrected chi connectivity index (χ4v) is 5.06. The highest BCUT2D eigenvalue weighted by atomic mass is 79.9. The van der Waals surface area contributed by atoms with E-state index in [0.29, 0.717) is 37.5 Å². The second kappa shape index (κ2) is 12.0. The van der Waals surface area contributed by atoms with Crippen LogP contribution in [0.4, 0.5) is 0 Å². The summed E-state index contributed by atoms with van der Waals surface area (Å²) in [6.07, 6.45) is 1.45. The standard InChI is InChI=1S/C29H27BrClN3O5/c1-16(2)21-13-22(17(3)10-25(21)37-4)28-33-24-9-7-6-8-20(24)29(36)34(28)32-14-18-11-19(31)12-23(30)27(18)39-15-26(35)38-5/h6-14,16H,15H2,1-5H3. The lowest BCUT2D eigenvalue weighted by Crippen LogP contribution is -2.21. The first kappa shape index (κ1) is 28.3. The van der Waals surface area contributed by atoms with Crippen LogP contribution >= 0.6 is 27.5 Å². The van der Waals surface area contributed by atoms with Gasteiger partial charge in [0.1, 0.15) is 11.5 Å². The summed E-state index contributed by atoms with van der Waals surface area (Å²) in [6, 6.07) is 14.3. The Bertz CT molecular complexity index is 1650. The summed E-state index contributed by atoms with van der Waals surface area (Å²) < 4.78 is 17.7. The van der Waals surface area contributed by atoms with E-state index in [-0.39, 0.29) is 18.1 Å². The number of hydrogen-bond donors (Lipinski definition) is 0. The first-order valence-corrected chi connectivity index (χ1v) is 13.2. The number of ether oxygens (including phenoxy) is 3. The van der Waals surface area contributed by atoms with Crippen LogP contribution in [0.2, 0.25) is 5.02 Å². The number of benzene rings is 3. The number of aryl methyl sites for hydroxylation is 1. The molecular formula is C29H27BrClN3O5. The molecule has 0 saturated carbocycles. The molecule has 10 heteroatoms. The average Bonchev–Trinajstić information content (AvgIpc) is 2.91. The molecule has 4 aromatic rings. The Morgan fingerprint density at radius 3 is 2.62 bits per heavy atom. The van der Waals surface area contributed by atoms with E-state index in [9.17, 15) is 9.59 Å². The highest BCUT2D eigenvalue weighted by Crippen LogP contribution is 2.35. The van der Waals surface area contributed by atoms with E-state index in [4.69, 9.17) is 26.1 Å². The molecular weight excluding hydrogens is 586 g/mol. The third-order valence-electron chi connectivity index (χ3n) is 6.10. The van der Waals surface area contributed by atoms with E-state index in [2.05, 4.69) is 39.6 Å². The molecule has 0 amide bonds. The minimum atomic E-state index is -0.548. The molecule has 1 aromatic heterocycles. The molecule has 0 spiro atoms. The predicted molar refractivity (Wildman–Crippen MR) is 156 cm³/mol. The predicted octanol–water partition coefficient (Wildman–Crippen LogP) is 6.35. The van der Waals surface area contributed by atoms with E-state index in [1.54, 1.807) is 37.4 Å². The van der Waals surface area contributed by atoms with Crippen molar-refractivity contribution in [3.8, 4) is 22.9 Å². The van der Waals surface area contributed by atoms with Crippen LogP contribution in [0, 0.1) is 6.92 Å². The topological polar surface area (TPSA) is 92.0 Å². The maximum atomic E-state index is 13.7. The molecule has 0 N–H and O–H groups in total. The van der Waals surface area contributed by atoms with Crippen molar-refractivity contribution in [2.24, 2.45) is 5.10 Å². The molecule has 0 fully saturated rings. The molecule has 0 radical (unpaired) electrons. The molecule has 3 aromatic carbocycles. The number of hydrogen-bond acceptors (Lipinski definition) is 7. The number of nitrogens with zero attached hydrogens (tertiary/aromatic N) is 3. The first-order chi connectivity index (χ1) is 18.6. The van der Waals surface area contributed by atoms with Gasteiger partial charge in [-0.25, -0.2) is 9.78 Å². The van der Waals surface area contributed by atoms with Crippen LogP contribution in [0.25, 0.3) is 22.3 Å². The van der Waals surface area contributed by atoms with Crippen LogP contribution in [0.1, 0.15) is 36.5 Å². The molecule has 39 heavy (non-hydrogen) atoms. The molecule has 4 rings (SSSR count). The quantitative estimate of drug-likeness (QED) is 0.170. The zero-order chi connectivity index (χ0) is 28.3. The zero-order valence-corrected chi connectivity index (χ0v) is 24.5. The lowest BCUT2D eigenvalue weighted by atomic mass is 9.96. The number of esters is 1. The summed E-state index contributed by atoms with van der Waals surface area (Å²) in [5.74, 6) is 1.07. The molecule has 1 heterocycles. The Morgan fingerprint density at radius 1 is 1.18 bits per heavy atom. The van der Waals surface area contributed by atoms with E-state index >= 15 is 0 Å². The van der Waals surface area contributed by atoms with Gasteiger partial charge >= 0.3 is 5.97 Å². The second-order valence-electron chi connectivity index (χ2n) is 9.05. The molecule has 0 saturated heterocycles. The van der Waals surface area contributed by atoms with Crippen molar-refractivity contribution < 1.29 is 19.0 Å². The lowest BCUT2D eigenvalue weighted by molar-refractivity contribution is -0.142. The highest BCUT2D eigenvalue weighted by Gasteiger charge is 2.19. The van der Waals surface area contributed by atoms with Gasteiger partial charge in [0.15, 0.2) is 12.4 Å².